The van der Waals surface area contributed by atoms with E-state index in [4.69, 9.17) is 4.74 Å². The fraction of sp³-hybridized carbons (Fsp3) is 0.632. The highest BCUT2D eigenvalue weighted by Crippen LogP contribution is 2.29. The summed E-state index contributed by atoms with van der Waals surface area (Å²) in [6.45, 7) is 3.44. The van der Waals surface area contributed by atoms with Crippen molar-refractivity contribution < 1.29 is 9.53 Å². The molecule has 0 radical (unpaired) electrons. The van der Waals surface area contributed by atoms with E-state index in [1.54, 1.807) is 7.11 Å². The van der Waals surface area contributed by atoms with Crippen LogP contribution in [0, 0.1) is 0 Å². The maximum Gasteiger partial charge on any atom is 0.234 e. The Hall–Kier alpha value is -1.59. The lowest BCUT2D eigenvalue weighted by molar-refractivity contribution is -0.123. The Morgan fingerprint density at radius 2 is 2.04 bits per heavy atom. The zero-order valence-electron chi connectivity index (χ0n) is 14.8. The summed E-state index contributed by atoms with van der Waals surface area (Å²) in [6.07, 6.45) is 4.90. The first-order valence-electron chi connectivity index (χ1n) is 8.99. The third kappa shape index (κ3) is 4.95. The van der Waals surface area contributed by atoms with Crippen molar-refractivity contribution in [2.75, 3.05) is 33.8 Å². The highest BCUT2D eigenvalue weighted by atomic mass is 16.5. The molecule has 0 spiro atoms. The zero-order chi connectivity index (χ0) is 16.9. The molecular weight excluding hydrogens is 302 g/mol. The van der Waals surface area contributed by atoms with E-state index in [0.29, 0.717) is 12.6 Å². The van der Waals surface area contributed by atoms with Gasteiger partial charge in [0.25, 0.3) is 0 Å². The van der Waals surface area contributed by atoms with Crippen molar-refractivity contribution in [3.05, 3.63) is 29.8 Å². The van der Waals surface area contributed by atoms with Gasteiger partial charge in [0.15, 0.2) is 0 Å². The topological polar surface area (TPSA) is 44.8 Å². The van der Waals surface area contributed by atoms with Crippen molar-refractivity contribution in [2.45, 2.75) is 44.3 Å². The van der Waals surface area contributed by atoms with Crippen LogP contribution in [-0.2, 0) is 11.3 Å². The molecule has 1 aliphatic carbocycles. The summed E-state index contributed by atoms with van der Waals surface area (Å²) in [5, 5.41) is 3.21. The van der Waals surface area contributed by atoms with E-state index in [9.17, 15) is 4.79 Å². The summed E-state index contributed by atoms with van der Waals surface area (Å²) >= 11 is 0. The molecule has 0 aromatic heterocycles. The van der Waals surface area contributed by atoms with Crippen molar-refractivity contribution in [1.29, 1.82) is 0 Å². The van der Waals surface area contributed by atoms with Gasteiger partial charge in [-0.15, -0.1) is 0 Å². The quantitative estimate of drug-likeness (QED) is 0.828. The minimum absolute atomic E-state index is 0.130. The van der Waals surface area contributed by atoms with Crippen LogP contribution in [-0.4, -0.2) is 61.6 Å². The van der Waals surface area contributed by atoms with Crippen LogP contribution in [0.3, 0.4) is 0 Å². The maximum atomic E-state index is 12.3. The predicted molar refractivity (Wildman–Crippen MR) is 95.1 cm³/mol. The van der Waals surface area contributed by atoms with Crippen LogP contribution in [0.4, 0.5) is 0 Å². The Morgan fingerprint density at radius 1 is 1.29 bits per heavy atom. The molecule has 1 N–H and O–H groups in total. The number of amides is 1. The number of likely N-dealkylation sites (tertiary alicyclic amines) is 1. The molecule has 5 heteroatoms. The number of nitrogens with zero attached hydrogens (tertiary/aromatic N) is 2. The number of methoxy groups -OCH3 is 1. The van der Waals surface area contributed by atoms with Gasteiger partial charge in [-0.1, -0.05) is 12.1 Å². The zero-order valence-corrected chi connectivity index (χ0v) is 14.8. The number of hydrogen-bond acceptors (Lipinski definition) is 4. The number of piperidine rings is 1. The molecule has 2 fully saturated rings. The van der Waals surface area contributed by atoms with Gasteiger partial charge in [0, 0.05) is 31.7 Å². The Morgan fingerprint density at radius 3 is 2.71 bits per heavy atom. The molecule has 1 aromatic rings. The van der Waals surface area contributed by atoms with Gasteiger partial charge in [0.05, 0.1) is 13.7 Å². The van der Waals surface area contributed by atoms with Crippen LogP contribution in [0.15, 0.2) is 24.3 Å². The molecule has 1 amide bonds. The number of carbonyl (C=O) groups is 1. The Bertz CT molecular complexity index is 551. The molecule has 0 unspecified atom stereocenters. The van der Waals surface area contributed by atoms with Crippen LogP contribution < -0.4 is 10.1 Å². The van der Waals surface area contributed by atoms with E-state index < -0.39 is 0 Å². The first-order valence-corrected chi connectivity index (χ1v) is 8.99. The third-order valence-electron chi connectivity index (χ3n) is 4.96. The normalized spacial score (nSPS) is 19.5. The molecule has 1 aromatic carbocycles. The first kappa shape index (κ1) is 17.2. The number of hydrogen-bond donors (Lipinski definition) is 1. The average molecular weight is 331 g/mol. The van der Waals surface area contributed by atoms with Crippen LogP contribution >= 0.6 is 0 Å². The monoisotopic (exact) mass is 331 g/mol. The van der Waals surface area contributed by atoms with E-state index in [-0.39, 0.29) is 5.91 Å². The van der Waals surface area contributed by atoms with Crippen LogP contribution in [0.1, 0.15) is 31.2 Å². The third-order valence-corrected chi connectivity index (χ3v) is 4.96. The first-order chi connectivity index (χ1) is 11.6. The van der Waals surface area contributed by atoms with E-state index >= 15 is 0 Å². The van der Waals surface area contributed by atoms with Crippen LogP contribution in [0.5, 0.6) is 5.75 Å². The summed E-state index contributed by atoms with van der Waals surface area (Å²) in [5.74, 6) is 0.984. The number of rotatable bonds is 7. The van der Waals surface area contributed by atoms with Crippen molar-refractivity contribution in [1.82, 2.24) is 15.1 Å². The number of nitrogens with one attached hydrogen (secondary N) is 1. The second kappa shape index (κ2) is 7.99. The van der Waals surface area contributed by atoms with Crippen molar-refractivity contribution in [2.24, 2.45) is 0 Å². The molecular formula is C19H29N3O2. The lowest BCUT2D eigenvalue weighted by atomic mass is 10.0. The number of ether oxygens (including phenoxy) is 1. The number of benzene rings is 1. The number of likely N-dealkylation sites (N-methyl/N-ethyl adjacent to an activating group) is 1. The molecule has 1 saturated carbocycles. The van der Waals surface area contributed by atoms with E-state index in [1.165, 1.54) is 12.8 Å². The van der Waals surface area contributed by atoms with Crippen LogP contribution in [0.2, 0.25) is 0 Å². The fourth-order valence-corrected chi connectivity index (χ4v) is 3.51. The van der Waals surface area contributed by atoms with E-state index in [1.807, 2.05) is 30.1 Å². The summed E-state index contributed by atoms with van der Waals surface area (Å²) in [7, 11) is 3.65. The molecule has 1 saturated heterocycles. The minimum Gasteiger partial charge on any atom is -0.497 e. The van der Waals surface area contributed by atoms with Crippen molar-refractivity contribution in [3.63, 3.8) is 0 Å². The smallest absolute Gasteiger partial charge is 0.234 e. The Kier molecular flexibility index (Phi) is 5.74. The van der Waals surface area contributed by atoms with Gasteiger partial charge < -0.3 is 15.0 Å². The van der Waals surface area contributed by atoms with Crippen molar-refractivity contribution >= 4 is 5.91 Å². The summed E-state index contributed by atoms with van der Waals surface area (Å²) in [6, 6.07) is 9.18. The van der Waals surface area contributed by atoms with Gasteiger partial charge >= 0.3 is 0 Å². The standard InChI is InChI=1S/C19H29N3O2/c1-21(13-15-4-3-5-18(12-15)24-2)14-19(23)20-16-8-10-22(11-9-16)17-6-7-17/h3-5,12,16-17H,6-11,13-14H2,1-2H3,(H,20,23). The molecule has 0 atom stereocenters. The molecule has 5 nitrogen and oxygen atoms in total. The molecule has 1 heterocycles. The SMILES string of the molecule is COc1cccc(CN(C)CC(=O)NC2CCN(C3CC3)CC2)c1. The molecule has 3 rings (SSSR count). The highest BCUT2D eigenvalue weighted by Gasteiger charge is 2.32. The fourth-order valence-electron chi connectivity index (χ4n) is 3.51. The van der Waals surface area contributed by atoms with Crippen LogP contribution in [0.25, 0.3) is 0 Å². The second-order valence-corrected chi connectivity index (χ2v) is 7.13. The highest BCUT2D eigenvalue weighted by molar-refractivity contribution is 5.78. The summed E-state index contributed by atoms with van der Waals surface area (Å²) in [4.78, 5) is 16.9. The molecule has 2 aliphatic rings. The van der Waals surface area contributed by atoms with Gasteiger partial charge in [0.2, 0.25) is 5.91 Å². The Balaban J connectivity index is 1.39. The van der Waals surface area contributed by atoms with Gasteiger partial charge in [-0.25, -0.2) is 0 Å². The van der Waals surface area contributed by atoms with Gasteiger partial charge in [-0.05, 0) is 50.4 Å². The maximum absolute atomic E-state index is 12.3. The minimum atomic E-state index is 0.130. The van der Waals surface area contributed by atoms with Gasteiger partial charge in [-0.3, -0.25) is 9.69 Å². The lowest BCUT2D eigenvalue weighted by Crippen LogP contribution is -2.47. The predicted octanol–water partition coefficient (Wildman–Crippen LogP) is 1.87. The molecule has 24 heavy (non-hydrogen) atoms. The van der Waals surface area contributed by atoms with Gasteiger partial charge in [-0.2, -0.15) is 0 Å². The summed E-state index contributed by atoms with van der Waals surface area (Å²) < 4.78 is 5.25. The average Bonchev–Trinajstić information content (AvgIpc) is 3.40. The van der Waals surface area contributed by atoms with E-state index in [0.717, 1.165) is 49.8 Å². The Labute approximate surface area is 145 Å². The lowest BCUT2D eigenvalue weighted by Gasteiger charge is -2.32. The summed E-state index contributed by atoms with van der Waals surface area (Å²) in [5.41, 5.74) is 1.15. The molecule has 132 valence electrons. The molecule has 0 bridgehead atoms. The number of carbonyl (C=O) groups excluding carboxylic acids is 1. The second-order valence-electron chi connectivity index (χ2n) is 7.13. The van der Waals surface area contributed by atoms with Crippen molar-refractivity contribution in [3.8, 4) is 5.75 Å². The van der Waals surface area contributed by atoms with E-state index in [2.05, 4.69) is 16.3 Å². The van der Waals surface area contributed by atoms with Gasteiger partial charge in [0.1, 0.15) is 5.75 Å². The largest absolute Gasteiger partial charge is 0.497 e. The molecule has 1 aliphatic heterocycles.